The zero-order chi connectivity index (χ0) is 13.2. The number of rotatable bonds is 4. The van der Waals surface area contributed by atoms with Crippen LogP contribution >= 0.6 is 0 Å². The number of oxime groups is 1. The largest absolute Gasteiger partial charge is 0.493 e. The molecule has 0 amide bonds. The summed E-state index contributed by atoms with van der Waals surface area (Å²) >= 11 is 0. The highest BCUT2D eigenvalue weighted by molar-refractivity contribution is 5.87. The second-order valence-corrected chi connectivity index (χ2v) is 4.43. The average Bonchev–Trinajstić information content (AvgIpc) is 2.81. The van der Waals surface area contributed by atoms with Gasteiger partial charge in [-0.25, -0.2) is 0 Å². The highest BCUT2D eigenvalue weighted by Gasteiger charge is 2.36. The molecule has 0 saturated carbocycles. The number of hydrogen-bond acceptors (Lipinski definition) is 5. The molecule has 0 unspecified atom stereocenters. The van der Waals surface area contributed by atoms with Crippen LogP contribution in [0.3, 0.4) is 0 Å². The molecule has 1 aliphatic heterocycles. The summed E-state index contributed by atoms with van der Waals surface area (Å²) in [6.45, 7) is 2.41. The first kappa shape index (κ1) is 12.7. The molecule has 1 aromatic carbocycles. The van der Waals surface area contributed by atoms with Crippen molar-refractivity contribution in [1.82, 2.24) is 0 Å². The maximum Gasteiger partial charge on any atom is 0.165 e. The summed E-state index contributed by atoms with van der Waals surface area (Å²) in [6.07, 6.45) is 0.693. The van der Waals surface area contributed by atoms with Crippen molar-refractivity contribution in [3.8, 4) is 11.5 Å². The molecule has 98 valence electrons. The van der Waals surface area contributed by atoms with Gasteiger partial charge in [0.25, 0.3) is 0 Å². The molecule has 1 aliphatic rings. The van der Waals surface area contributed by atoms with Crippen LogP contribution in [0.1, 0.15) is 18.9 Å². The number of methoxy groups -OCH3 is 2. The topological polar surface area (TPSA) is 66.1 Å². The molecule has 0 saturated heterocycles. The predicted molar refractivity (Wildman–Crippen MR) is 69.1 cm³/mol. The van der Waals surface area contributed by atoms with Gasteiger partial charge in [0, 0.05) is 18.5 Å². The molecule has 0 bridgehead atoms. The van der Waals surface area contributed by atoms with E-state index in [0.29, 0.717) is 24.5 Å². The highest BCUT2D eigenvalue weighted by Crippen LogP contribution is 2.38. The van der Waals surface area contributed by atoms with Crippen molar-refractivity contribution in [2.75, 3.05) is 20.8 Å². The van der Waals surface area contributed by atoms with E-state index in [-0.39, 0.29) is 0 Å². The van der Waals surface area contributed by atoms with E-state index < -0.39 is 5.60 Å². The van der Waals surface area contributed by atoms with Crippen molar-refractivity contribution in [2.24, 2.45) is 10.9 Å². The average molecular weight is 250 g/mol. The lowest BCUT2D eigenvalue weighted by Gasteiger charge is -2.23. The van der Waals surface area contributed by atoms with Gasteiger partial charge in [0.05, 0.1) is 19.9 Å². The first-order valence-corrected chi connectivity index (χ1v) is 5.79. The van der Waals surface area contributed by atoms with E-state index in [1.807, 2.05) is 25.1 Å². The number of nitrogens with two attached hydrogens (primary N) is 1. The van der Waals surface area contributed by atoms with Crippen molar-refractivity contribution in [3.63, 3.8) is 0 Å². The molecule has 1 atom stereocenters. The van der Waals surface area contributed by atoms with Crippen LogP contribution in [0.2, 0.25) is 0 Å². The first-order valence-electron chi connectivity index (χ1n) is 5.79. The Balaban J connectivity index is 2.29. The second-order valence-electron chi connectivity index (χ2n) is 4.43. The van der Waals surface area contributed by atoms with Crippen molar-refractivity contribution >= 4 is 5.71 Å². The minimum Gasteiger partial charge on any atom is -0.493 e. The molecule has 2 N–H and O–H groups in total. The number of benzene rings is 1. The molecule has 1 aromatic rings. The fraction of sp³-hybridized carbons (Fsp3) is 0.462. The Morgan fingerprint density at radius 1 is 1.33 bits per heavy atom. The van der Waals surface area contributed by atoms with Gasteiger partial charge in [-0.3, -0.25) is 0 Å². The van der Waals surface area contributed by atoms with Gasteiger partial charge in [-0.2, -0.15) is 0 Å². The van der Waals surface area contributed by atoms with Crippen molar-refractivity contribution < 1.29 is 14.3 Å². The van der Waals surface area contributed by atoms with Gasteiger partial charge in [0.2, 0.25) is 0 Å². The zero-order valence-electron chi connectivity index (χ0n) is 10.9. The zero-order valence-corrected chi connectivity index (χ0v) is 10.9. The van der Waals surface area contributed by atoms with Crippen LogP contribution in [0, 0.1) is 0 Å². The van der Waals surface area contributed by atoms with Crippen LogP contribution in [-0.2, 0) is 10.4 Å². The van der Waals surface area contributed by atoms with E-state index in [2.05, 4.69) is 5.16 Å². The van der Waals surface area contributed by atoms with Crippen molar-refractivity contribution in [1.29, 1.82) is 0 Å². The maximum absolute atomic E-state index is 5.58. The summed E-state index contributed by atoms with van der Waals surface area (Å²) in [5.41, 5.74) is 6.96. The quantitative estimate of drug-likeness (QED) is 0.882. The lowest BCUT2D eigenvalue weighted by molar-refractivity contribution is -0.00755. The maximum atomic E-state index is 5.58. The van der Waals surface area contributed by atoms with Gasteiger partial charge in [-0.1, -0.05) is 11.2 Å². The summed E-state index contributed by atoms with van der Waals surface area (Å²) in [4.78, 5) is 5.51. The predicted octanol–water partition coefficient (Wildman–Crippen LogP) is 1.65. The third-order valence-electron chi connectivity index (χ3n) is 3.15. The van der Waals surface area contributed by atoms with E-state index in [0.717, 1.165) is 11.3 Å². The number of nitrogens with zero attached hydrogens (tertiary/aromatic N) is 1. The fourth-order valence-electron chi connectivity index (χ4n) is 2.05. The summed E-state index contributed by atoms with van der Waals surface area (Å²) in [5, 5.41) is 4.00. The van der Waals surface area contributed by atoms with Crippen LogP contribution in [0.15, 0.2) is 23.4 Å². The lowest BCUT2D eigenvalue weighted by atomic mass is 9.90. The molecule has 18 heavy (non-hydrogen) atoms. The molecule has 0 aliphatic carbocycles. The summed E-state index contributed by atoms with van der Waals surface area (Å²) in [6, 6.07) is 5.73. The van der Waals surface area contributed by atoms with Crippen molar-refractivity contribution in [3.05, 3.63) is 23.8 Å². The minimum absolute atomic E-state index is 0.420. The third-order valence-corrected chi connectivity index (χ3v) is 3.15. The highest BCUT2D eigenvalue weighted by atomic mass is 16.7. The molecule has 5 heteroatoms. The van der Waals surface area contributed by atoms with Crippen LogP contribution in [-0.4, -0.2) is 26.5 Å². The lowest BCUT2D eigenvalue weighted by Crippen LogP contribution is -2.24. The standard InChI is InChI=1S/C13H18N2O3/c1-13(7-10(8-14)15-18-13)9-4-5-11(16-2)12(6-9)17-3/h4-6H,7-8,14H2,1-3H3/t13-/m0/s1. The summed E-state index contributed by atoms with van der Waals surface area (Å²) in [7, 11) is 3.22. The van der Waals surface area contributed by atoms with Gasteiger partial charge in [-0.15, -0.1) is 0 Å². The van der Waals surface area contributed by atoms with Gasteiger partial charge >= 0.3 is 0 Å². The number of hydrogen-bond donors (Lipinski definition) is 1. The Morgan fingerprint density at radius 3 is 2.61 bits per heavy atom. The Kier molecular flexibility index (Phi) is 3.43. The Hall–Kier alpha value is -1.75. The molecular formula is C13H18N2O3. The van der Waals surface area contributed by atoms with E-state index >= 15 is 0 Å². The van der Waals surface area contributed by atoms with E-state index in [1.165, 1.54) is 0 Å². The second kappa shape index (κ2) is 4.86. The molecule has 0 radical (unpaired) electrons. The normalized spacial score (nSPS) is 22.3. The van der Waals surface area contributed by atoms with Gasteiger partial charge in [0.15, 0.2) is 17.1 Å². The fourth-order valence-corrected chi connectivity index (χ4v) is 2.05. The van der Waals surface area contributed by atoms with Crippen LogP contribution in [0.5, 0.6) is 11.5 Å². The molecule has 5 nitrogen and oxygen atoms in total. The smallest absolute Gasteiger partial charge is 0.165 e. The van der Waals surface area contributed by atoms with Gasteiger partial charge in [0.1, 0.15) is 0 Å². The molecule has 2 rings (SSSR count). The van der Waals surface area contributed by atoms with E-state index in [9.17, 15) is 0 Å². The Bertz CT molecular complexity index is 473. The van der Waals surface area contributed by atoms with Gasteiger partial charge < -0.3 is 20.0 Å². The molecule has 0 aromatic heterocycles. The molecule has 0 fully saturated rings. The van der Waals surface area contributed by atoms with Crippen LogP contribution in [0.25, 0.3) is 0 Å². The summed E-state index contributed by atoms with van der Waals surface area (Å²) < 4.78 is 10.5. The van der Waals surface area contributed by atoms with E-state index in [1.54, 1.807) is 14.2 Å². The Morgan fingerprint density at radius 2 is 2.06 bits per heavy atom. The molecular weight excluding hydrogens is 232 g/mol. The third kappa shape index (κ3) is 2.13. The van der Waals surface area contributed by atoms with Crippen molar-refractivity contribution in [2.45, 2.75) is 18.9 Å². The minimum atomic E-state index is -0.478. The molecule has 0 spiro atoms. The van der Waals surface area contributed by atoms with Crippen LogP contribution < -0.4 is 15.2 Å². The van der Waals surface area contributed by atoms with E-state index in [4.69, 9.17) is 20.0 Å². The monoisotopic (exact) mass is 250 g/mol. The number of ether oxygens (including phenoxy) is 2. The molecule has 1 heterocycles. The van der Waals surface area contributed by atoms with Crippen LogP contribution in [0.4, 0.5) is 0 Å². The first-order chi connectivity index (χ1) is 8.62. The Labute approximate surface area is 107 Å². The summed E-state index contributed by atoms with van der Waals surface area (Å²) in [5.74, 6) is 1.38. The SMILES string of the molecule is COc1ccc([C@]2(C)CC(CN)=NO2)cc1OC. The van der Waals surface area contributed by atoms with Gasteiger partial charge in [-0.05, 0) is 19.1 Å².